The Balaban J connectivity index is 1.93. The first-order valence-electron chi connectivity index (χ1n) is 5.87. The van der Waals surface area contributed by atoms with Crippen LogP contribution in [0.25, 0.3) is 0 Å². The summed E-state index contributed by atoms with van der Waals surface area (Å²) in [7, 11) is 0. The molecule has 0 saturated carbocycles. The van der Waals surface area contributed by atoms with E-state index in [0.717, 1.165) is 36.3 Å². The molecule has 1 fully saturated rings. The number of aromatic nitrogens is 1. The lowest BCUT2D eigenvalue weighted by Gasteiger charge is -2.17. The molecule has 2 unspecified atom stereocenters. The van der Waals surface area contributed by atoms with E-state index in [4.69, 9.17) is 16.3 Å². The van der Waals surface area contributed by atoms with E-state index in [0.29, 0.717) is 17.0 Å². The van der Waals surface area contributed by atoms with Gasteiger partial charge >= 0.3 is 0 Å². The number of rotatable bonds is 4. The molecule has 2 heterocycles. The second-order valence-corrected chi connectivity index (χ2v) is 5.55. The third-order valence-electron chi connectivity index (χ3n) is 3.09. The van der Waals surface area contributed by atoms with E-state index in [9.17, 15) is 0 Å². The maximum Gasteiger partial charge on any atom is 0.144 e. The van der Waals surface area contributed by atoms with Gasteiger partial charge in [-0.2, -0.15) is 0 Å². The van der Waals surface area contributed by atoms with Crippen LogP contribution in [-0.4, -0.2) is 24.2 Å². The molecule has 1 N–H and O–H groups in total. The molecule has 1 saturated heterocycles. The molecular formula is C12H16BrClN2O. The highest BCUT2D eigenvalue weighted by atomic mass is 79.9. The Hall–Kier alpha value is -0.320. The molecule has 17 heavy (non-hydrogen) atoms. The Morgan fingerprint density at radius 1 is 1.65 bits per heavy atom. The molecule has 3 nitrogen and oxygen atoms in total. The van der Waals surface area contributed by atoms with E-state index < -0.39 is 0 Å². The van der Waals surface area contributed by atoms with Crippen molar-refractivity contribution in [3.05, 3.63) is 21.8 Å². The summed E-state index contributed by atoms with van der Waals surface area (Å²) in [5.41, 5.74) is 0. The highest BCUT2D eigenvalue weighted by molar-refractivity contribution is 9.10. The molecule has 0 amide bonds. The van der Waals surface area contributed by atoms with Gasteiger partial charge in [-0.25, -0.2) is 4.98 Å². The van der Waals surface area contributed by atoms with Gasteiger partial charge in [0.15, 0.2) is 0 Å². The first kappa shape index (κ1) is 13.1. The van der Waals surface area contributed by atoms with Crippen LogP contribution >= 0.6 is 27.5 Å². The third kappa shape index (κ3) is 3.33. The first-order valence-corrected chi connectivity index (χ1v) is 7.04. The van der Waals surface area contributed by atoms with Crippen LogP contribution in [0.1, 0.15) is 19.8 Å². The highest BCUT2D eigenvalue weighted by Crippen LogP contribution is 2.26. The zero-order chi connectivity index (χ0) is 12.3. The summed E-state index contributed by atoms with van der Waals surface area (Å²) in [6.07, 6.45) is 4.29. The molecular weight excluding hydrogens is 304 g/mol. The van der Waals surface area contributed by atoms with Crippen LogP contribution in [0.2, 0.25) is 5.02 Å². The van der Waals surface area contributed by atoms with Crippen LogP contribution in [0.15, 0.2) is 16.7 Å². The summed E-state index contributed by atoms with van der Waals surface area (Å²) in [5.74, 6) is 1.30. The second-order valence-electron chi connectivity index (χ2n) is 4.23. The lowest BCUT2D eigenvalue weighted by atomic mass is 10.00. The summed E-state index contributed by atoms with van der Waals surface area (Å²) in [6, 6.07) is 1.85. The van der Waals surface area contributed by atoms with Gasteiger partial charge in [0, 0.05) is 29.7 Å². The van der Waals surface area contributed by atoms with Crippen LogP contribution in [0, 0.1) is 5.92 Å². The monoisotopic (exact) mass is 318 g/mol. The van der Waals surface area contributed by atoms with Crippen molar-refractivity contribution in [1.29, 1.82) is 0 Å². The lowest BCUT2D eigenvalue weighted by molar-refractivity contribution is 0.0900. The molecule has 2 rings (SSSR count). The van der Waals surface area contributed by atoms with Crippen LogP contribution in [0.3, 0.4) is 0 Å². The predicted octanol–water partition coefficient (Wildman–Crippen LogP) is 3.72. The zero-order valence-electron chi connectivity index (χ0n) is 9.75. The van der Waals surface area contributed by atoms with Gasteiger partial charge in [0.05, 0.1) is 11.1 Å². The Labute approximate surface area is 115 Å². The minimum atomic E-state index is 0.372. The normalized spacial score (nSPS) is 23.9. The topological polar surface area (TPSA) is 34.1 Å². The van der Waals surface area contributed by atoms with Crippen LogP contribution in [0.4, 0.5) is 5.82 Å². The van der Waals surface area contributed by atoms with Crippen LogP contribution < -0.4 is 5.32 Å². The van der Waals surface area contributed by atoms with Gasteiger partial charge in [0.2, 0.25) is 0 Å². The summed E-state index contributed by atoms with van der Waals surface area (Å²) >= 11 is 9.44. The fourth-order valence-corrected chi connectivity index (χ4v) is 2.85. The smallest absolute Gasteiger partial charge is 0.144 e. The van der Waals surface area contributed by atoms with Gasteiger partial charge in [0.25, 0.3) is 0 Å². The maximum atomic E-state index is 6.10. The van der Waals surface area contributed by atoms with Crippen molar-refractivity contribution in [2.24, 2.45) is 5.92 Å². The quantitative estimate of drug-likeness (QED) is 0.918. The summed E-state index contributed by atoms with van der Waals surface area (Å²) in [5, 5.41) is 3.95. The van der Waals surface area contributed by atoms with E-state index in [2.05, 4.69) is 33.2 Å². The van der Waals surface area contributed by atoms with E-state index in [-0.39, 0.29) is 0 Å². The van der Waals surface area contributed by atoms with Crippen LogP contribution in [-0.2, 0) is 4.74 Å². The van der Waals surface area contributed by atoms with E-state index >= 15 is 0 Å². The Kier molecular flexibility index (Phi) is 4.65. The Morgan fingerprint density at radius 3 is 3.18 bits per heavy atom. The number of halogens is 2. The average Bonchev–Trinajstić information content (AvgIpc) is 2.75. The Bertz CT molecular complexity index is 389. The van der Waals surface area contributed by atoms with Crippen molar-refractivity contribution in [1.82, 2.24) is 4.98 Å². The van der Waals surface area contributed by atoms with Crippen molar-refractivity contribution >= 4 is 33.3 Å². The van der Waals surface area contributed by atoms with E-state index in [1.54, 1.807) is 6.20 Å². The molecule has 0 spiro atoms. The average molecular weight is 320 g/mol. The Morgan fingerprint density at radius 2 is 2.47 bits per heavy atom. The third-order valence-corrected chi connectivity index (χ3v) is 3.81. The second kappa shape index (κ2) is 6.03. The molecule has 2 atom stereocenters. The van der Waals surface area contributed by atoms with Gasteiger partial charge < -0.3 is 10.1 Å². The summed E-state index contributed by atoms with van der Waals surface area (Å²) in [4.78, 5) is 4.26. The maximum absolute atomic E-state index is 6.10. The fraction of sp³-hybridized carbons (Fsp3) is 0.583. The standard InChI is InChI=1S/C12H16BrClN2O/c1-2-11-8(3-4-17-11)6-15-12-10(14)5-9(13)7-16-12/h5,7-8,11H,2-4,6H2,1H3,(H,15,16). The molecule has 5 heteroatoms. The lowest BCUT2D eigenvalue weighted by Crippen LogP contribution is -2.23. The minimum absolute atomic E-state index is 0.372. The molecule has 0 bridgehead atoms. The van der Waals surface area contributed by atoms with Crippen molar-refractivity contribution in [3.63, 3.8) is 0 Å². The number of hydrogen-bond acceptors (Lipinski definition) is 3. The van der Waals surface area contributed by atoms with E-state index in [1.165, 1.54) is 0 Å². The number of hydrogen-bond donors (Lipinski definition) is 1. The molecule has 0 radical (unpaired) electrons. The van der Waals surface area contributed by atoms with Gasteiger partial charge in [-0.15, -0.1) is 0 Å². The summed E-state index contributed by atoms with van der Waals surface area (Å²) in [6.45, 7) is 3.90. The largest absolute Gasteiger partial charge is 0.378 e. The highest BCUT2D eigenvalue weighted by Gasteiger charge is 2.26. The van der Waals surface area contributed by atoms with Crippen molar-refractivity contribution in [3.8, 4) is 0 Å². The van der Waals surface area contributed by atoms with Crippen molar-refractivity contribution < 1.29 is 4.74 Å². The molecule has 1 aromatic heterocycles. The number of anilines is 1. The number of nitrogens with zero attached hydrogens (tertiary/aromatic N) is 1. The van der Waals surface area contributed by atoms with Crippen molar-refractivity contribution in [2.75, 3.05) is 18.5 Å². The molecule has 1 aliphatic rings. The van der Waals surface area contributed by atoms with Crippen LogP contribution in [0.5, 0.6) is 0 Å². The minimum Gasteiger partial charge on any atom is -0.378 e. The predicted molar refractivity (Wildman–Crippen MR) is 73.6 cm³/mol. The molecule has 0 aliphatic carbocycles. The van der Waals surface area contributed by atoms with Gasteiger partial charge in [0.1, 0.15) is 5.82 Å². The SMILES string of the molecule is CCC1OCCC1CNc1ncc(Br)cc1Cl. The van der Waals surface area contributed by atoms with Crippen molar-refractivity contribution in [2.45, 2.75) is 25.9 Å². The van der Waals surface area contributed by atoms with Gasteiger partial charge in [-0.05, 0) is 34.8 Å². The van der Waals surface area contributed by atoms with Gasteiger partial charge in [-0.3, -0.25) is 0 Å². The molecule has 94 valence electrons. The van der Waals surface area contributed by atoms with Gasteiger partial charge in [-0.1, -0.05) is 18.5 Å². The van der Waals surface area contributed by atoms with E-state index in [1.807, 2.05) is 6.07 Å². The first-order chi connectivity index (χ1) is 8.20. The molecule has 1 aliphatic heterocycles. The number of nitrogens with one attached hydrogen (secondary N) is 1. The number of ether oxygens (including phenoxy) is 1. The zero-order valence-corrected chi connectivity index (χ0v) is 12.1. The fourth-order valence-electron chi connectivity index (χ4n) is 2.15. The summed E-state index contributed by atoms with van der Waals surface area (Å²) < 4.78 is 6.54. The molecule has 0 aromatic carbocycles. The number of pyridine rings is 1. The molecule has 1 aromatic rings.